The second-order valence-corrected chi connectivity index (χ2v) is 9.45. The van der Waals surface area contributed by atoms with Crippen molar-refractivity contribution >= 4 is 6.08 Å². The van der Waals surface area contributed by atoms with Crippen LogP contribution < -0.4 is 0 Å². The van der Waals surface area contributed by atoms with E-state index in [1.54, 1.807) is 18.2 Å². The Bertz CT molecular complexity index is 1140. The summed E-state index contributed by atoms with van der Waals surface area (Å²) in [5, 5.41) is 0. The van der Waals surface area contributed by atoms with Gasteiger partial charge in [-0.3, -0.25) is 0 Å². The summed E-state index contributed by atoms with van der Waals surface area (Å²) in [6.07, 6.45) is 10.2. The third-order valence-electron chi connectivity index (χ3n) is 7.15. The summed E-state index contributed by atoms with van der Waals surface area (Å²) >= 11 is 0. The third kappa shape index (κ3) is 5.46. The molecular weight excluding hydrogens is 429 g/mol. The molecule has 0 nitrogen and oxygen atoms in total. The van der Waals surface area contributed by atoms with Crippen LogP contribution in [0.4, 0.5) is 13.2 Å². The monoisotopic (exact) mass is 462 g/mol. The number of allylic oxidation sites excluding steroid dienone is 1. The highest BCUT2D eigenvalue weighted by molar-refractivity contribution is 5.65. The summed E-state index contributed by atoms with van der Waals surface area (Å²) in [5.74, 6) is -1.20. The highest BCUT2D eigenvalue weighted by Crippen LogP contribution is 2.39. The van der Waals surface area contributed by atoms with Crippen molar-refractivity contribution in [3.8, 4) is 11.1 Å². The smallest absolute Gasteiger partial charge is 0.166 e. The Morgan fingerprint density at radius 3 is 2.21 bits per heavy atom. The molecule has 3 aromatic carbocycles. The van der Waals surface area contributed by atoms with Gasteiger partial charge in [-0.1, -0.05) is 81.0 Å². The highest BCUT2D eigenvalue weighted by atomic mass is 19.2. The molecule has 1 aliphatic rings. The summed E-state index contributed by atoms with van der Waals surface area (Å²) in [4.78, 5) is 0. The number of hydrogen-bond donors (Lipinski definition) is 0. The molecule has 1 aliphatic carbocycles. The number of benzene rings is 3. The Hall–Kier alpha value is -2.81. The fourth-order valence-corrected chi connectivity index (χ4v) is 5.03. The molecule has 0 heterocycles. The first-order chi connectivity index (χ1) is 16.5. The van der Waals surface area contributed by atoms with Gasteiger partial charge in [0.1, 0.15) is 5.82 Å². The first-order valence-corrected chi connectivity index (χ1v) is 12.5. The van der Waals surface area contributed by atoms with Gasteiger partial charge in [0.25, 0.3) is 0 Å². The molecule has 0 saturated heterocycles. The topological polar surface area (TPSA) is 0 Å². The molecule has 1 fully saturated rings. The minimum absolute atomic E-state index is 0.0291. The fourth-order valence-electron chi connectivity index (χ4n) is 5.03. The quantitative estimate of drug-likeness (QED) is 0.328. The van der Waals surface area contributed by atoms with Crippen LogP contribution in [0.2, 0.25) is 0 Å². The predicted molar refractivity (Wildman–Crippen MR) is 135 cm³/mol. The van der Waals surface area contributed by atoms with Crippen LogP contribution >= 0.6 is 0 Å². The number of rotatable bonds is 7. The Labute approximate surface area is 201 Å². The van der Waals surface area contributed by atoms with Crippen LogP contribution in [0, 0.1) is 23.4 Å². The van der Waals surface area contributed by atoms with Crippen molar-refractivity contribution in [3.05, 3.63) is 100 Å². The Morgan fingerprint density at radius 1 is 0.824 bits per heavy atom. The van der Waals surface area contributed by atoms with Crippen molar-refractivity contribution in [2.24, 2.45) is 5.92 Å². The molecule has 34 heavy (non-hydrogen) atoms. The lowest BCUT2D eigenvalue weighted by molar-refractivity contribution is 0.365. The molecule has 3 aromatic rings. The molecule has 3 heteroatoms. The third-order valence-corrected chi connectivity index (χ3v) is 7.15. The highest BCUT2D eigenvalue weighted by Gasteiger charge is 2.25. The van der Waals surface area contributed by atoms with E-state index in [1.165, 1.54) is 5.56 Å². The van der Waals surface area contributed by atoms with Gasteiger partial charge in [0, 0.05) is 5.56 Å². The maximum atomic E-state index is 15.0. The van der Waals surface area contributed by atoms with Crippen LogP contribution in [0.5, 0.6) is 0 Å². The molecular formula is C31H33F3. The maximum Gasteiger partial charge on any atom is 0.166 e. The van der Waals surface area contributed by atoms with E-state index in [9.17, 15) is 8.78 Å². The zero-order valence-electron chi connectivity index (χ0n) is 20.1. The molecule has 0 N–H and O–H groups in total. The van der Waals surface area contributed by atoms with Crippen molar-refractivity contribution in [3.63, 3.8) is 0 Å². The van der Waals surface area contributed by atoms with Crippen molar-refractivity contribution < 1.29 is 13.2 Å². The van der Waals surface area contributed by atoms with Crippen LogP contribution in [0.15, 0.2) is 60.7 Å². The SMILES string of the molecule is CCCc1ccc(C=CC2CCC(c3ccc(-c4ccc(CC)cc4)c(F)c3F)CC2)cc1F. The van der Waals surface area contributed by atoms with Gasteiger partial charge in [0.05, 0.1) is 0 Å². The molecule has 1 saturated carbocycles. The maximum absolute atomic E-state index is 15.0. The predicted octanol–water partition coefficient (Wildman–Crippen LogP) is 9.27. The molecule has 0 spiro atoms. The minimum Gasteiger partial charge on any atom is -0.207 e. The van der Waals surface area contributed by atoms with Gasteiger partial charge in [-0.05, 0) is 84.2 Å². The Balaban J connectivity index is 1.40. The van der Waals surface area contributed by atoms with Gasteiger partial charge >= 0.3 is 0 Å². The van der Waals surface area contributed by atoms with Gasteiger partial charge in [0.15, 0.2) is 11.6 Å². The molecule has 0 amide bonds. The van der Waals surface area contributed by atoms with Gasteiger partial charge in [-0.25, -0.2) is 13.2 Å². The van der Waals surface area contributed by atoms with Crippen LogP contribution in [-0.2, 0) is 12.8 Å². The second-order valence-electron chi connectivity index (χ2n) is 9.45. The van der Waals surface area contributed by atoms with Crippen LogP contribution in [0.25, 0.3) is 17.2 Å². The van der Waals surface area contributed by atoms with E-state index in [1.807, 2.05) is 49.4 Å². The molecule has 0 aliphatic heterocycles. The van der Waals surface area contributed by atoms with E-state index < -0.39 is 11.6 Å². The number of aryl methyl sites for hydroxylation is 2. The van der Waals surface area contributed by atoms with Crippen LogP contribution in [-0.4, -0.2) is 0 Å². The summed E-state index contributed by atoms with van der Waals surface area (Å²) in [6.45, 7) is 4.11. The Kier molecular flexibility index (Phi) is 7.92. The first-order valence-electron chi connectivity index (χ1n) is 12.5. The standard InChI is InChI=1S/C31H33F3/c1-3-5-26-17-12-23(20-29(26)32)7-6-22-10-15-25(16-11-22)28-19-18-27(30(33)31(28)34)24-13-8-21(4-2)9-14-24/h6-9,12-14,17-20,22,25H,3-5,10-11,15-16H2,1-2H3. The van der Waals surface area contributed by atoms with Gasteiger partial charge in [0.2, 0.25) is 0 Å². The van der Waals surface area contributed by atoms with Crippen molar-refractivity contribution in [1.82, 2.24) is 0 Å². The molecule has 0 atom stereocenters. The largest absolute Gasteiger partial charge is 0.207 e. The van der Waals surface area contributed by atoms with Crippen molar-refractivity contribution in [1.29, 1.82) is 0 Å². The molecule has 0 aromatic heterocycles. The molecule has 0 unspecified atom stereocenters. The number of hydrogen-bond acceptors (Lipinski definition) is 0. The minimum atomic E-state index is -0.752. The van der Waals surface area contributed by atoms with E-state index in [0.29, 0.717) is 22.6 Å². The zero-order valence-corrected chi connectivity index (χ0v) is 20.1. The van der Waals surface area contributed by atoms with E-state index in [4.69, 9.17) is 0 Å². The van der Waals surface area contributed by atoms with E-state index in [2.05, 4.69) is 13.0 Å². The lowest BCUT2D eigenvalue weighted by atomic mass is 9.78. The number of halogens is 3. The average molecular weight is 463 g/mol. The second kappa shape index (κ2) is 11.1. The summed E-state index contributed by atoms with van der Waals surface area (Å²) < 4.78 is 44.2. The summed E-state index contributed by atoms with van der Waals surface area (Å²) in [5.41, 5.74) is 4.31. The van der Waals surface area contributed by atoms with E-state index in [0.717, 1.165) is 56.1 Å². The normalized spacial score (nSPS) is 18.5. The van der Waals surface area contributed by atoms with Crippen molar-refractivity contribution in [2.75, 3.05) is 0 Å². The van der Waals surface area contributed by atoms with Gasteiger partial charge < -0.3 is 0 Å². The first kappa shape index (κ1) is 24.3. The van der Waals surface area contributed by atoms with Gasteiger partial charge in [-0.2, -0.15) is 0 Å². The van der Waals surface area contributed by atoms with Crippen LogP contribution in [0.1, 0.15) is 74.1 Å². The zero-order chi connectivity index (χ0) is 24.1. The lowest BCUT2D eigenvalue weighted by Crippen LogP contribution is -2.13. The molecule has 178 valence electrons. The van der Waals surface area contributed by atoms with Crippen LogP contribution in [0.3, 0.4) is 0 Å². The fraction of sp³-hybridized carbons (Fsp3) is 0.355. The lowest BCUT2D eigenvalue weighted by Gasteiger charge is -2.27. The van der Waals surface area contributed by atoms with E-state index in [-0.39, 0.29) is 11.7 Å². The molecule has 4 rings (SSSR count). The average Bonchev–Trinajstić information content (AvgIpc) is 2.86. The van der Waals surface area contributed by atoms with E-state index >= 15 is 4.39 Å². The van der Waals surface area contributed by atoms with Gasteiger partial charge in [-0.15, -0.1) is 0 Å². The Morgan fingerprint density at radius 2 is 1.56 bits per heavy atom. The van der Waals surface area contributed by atoms with Crippen molar-refractivity contribution in [2.45, 2.75) is 64.7 Å². The molecule has 0 bridgehead atoms. The molecule has 0 radical (unpaired) electrons. The summed E-state index contributed by atoms with van der Waals surface area (Å²) in [6, 6.07) is 16.6. The summed E-state index contributed by atoms with van der Waals surface area (Å²) in [7, 11) is 0.